The summed E-state index contributed by atoms with van der Waals surface area (Å²) in [6.45, 7) is 3.74. The molecule has 0 fully saturated rings. The third-order valence-electron chi connectivity index (χ3n) is 3.96. The first-order valence-electron chi connectivity index (χ1n) is 7.49. The van der Waals surface area contributed by atoms with Gasteiger partial charge in [-0.05, 0) is 60.3 Å². The second kappa shape index (κ2) is 6.50. The Bertz CT molecular complexity index is 609. The Labute approximate surface area is 131 Å². The smallest absolute Gasteiger partial charge is 0.120 e. The Morgan fingerprint density at radius 3 is 2.76 bits per heavy atom. The van der Waals surface area contributed by atoms with Gasteiger partial charge in [-0.2, -0.15) is 0 Å². The van der Waals surface area contributed by atoms with Gasteiger partial charge in [-0.1, -0.05) is 36.7 Å². The van der Waals surface area contributed by atoms with Crippen LogP contribution in [0.1, 0.15) is 36.1 Å². The lowest BCUT2D eigenvalue weighted by atomic mass is 10.1. The summed E-state index contributed by atoms with van der Waals surface area (Å²) in [5.41, 5.74) is 3.97. The number of halogens is 1. The first-order valence-corrected chi connectivity index (χ1v) is 7.87. The molecule has 1 atom stereocenters. The maximum Gasteiger partial charge on any atom is 0.120 e. The Balaban J connectivity index is 1.66. The molecule has 0 amide bonds. The zero-order chi connectivity index (χ0) is 14.7. The minimum atomic E-state index is 0.510. The molecule has 1 N–H and O–H groups in total. The third kappa shape index (κ3) is 3.39. The van der Waals surface area contributed by atoms with Crippen LogP contribution in [0.25, 0.3) is 0 Å². The molecular weight excluding hydrogens is 282 g/mol. The number of hydrogen-bond acceptors (Lipinski definition) is 2. The number of nitrogens with one attached hydrogen (secondary N) is 1. The van der Waals surface area contributed by atoms with Crippen LogP contribution in [0, 0.1) is 0 Å². The number of rotatable bonds is 5. The van der Waals surface area contributed by atoms with Gasteiger partial charge in [0.2, 0.25) is 0 Å². The molecule has 3 heteroatoms. The maximum atomic E-state index is 5.89. The van der Waals surface area contributed by atoms with Gasteiger partial charge in [0.05, 0.1) is 0 Å². The van der Waals surface area contributed by atoms with Crippen molar-refractivity contribution >= 4 is 11.6 Å². The molecule has 0 heterocycles. The summed E-state index contributed by atoms with van der Waals surface area (Å²) >= 11 is 5.89. The number of hydrogen-bond donors (Lipinski definition) is 1. The van der Waals surface area contributed by atoms with Crippen molar-refractivity contribution in [1.29, 1.82) is 0 Å². The van der Waals surface area contributed by atoms with Gasteiger partial charge in [0.25, 0.3) is 0 Å². The highest BCUT2D eigenvalue weighted by Gasteiger charge is 2.21. The molecule has 2 nitrogen and oxygen atoms in total. The van der Waals surface area contributed by atoms with Gasteiger partial charge in [0.15, 0.2) is 0 Å². The van der Waals surface area contributed by atoms with E-state index in [4.69, 9.17) is 16.3 Å². The monoisotopic (exact) mass is 301 g/mol. The average molecular weight is 302 g/mol. The van der Waals surface area contributed by atoms with Gasteiger partial charge < -0.3 is 10.1 Å². The van der Waals surface area contributed by atoms with E-state index in [0.29, 0.717) is 12.6 Å². The number of fused-ring (bicyclic) bond motifs is 1. The Morgan fingerprint density at radius 1 is 1.19 bits per heavy atom. The normalized spacial score (nSPS) is 16.8. The lowest BCUT2D eigenvalue weighted by molar-refractivity contribution is 0.306. The van der Waals surface area contributed by atoms with Crippen LogP contribution in [-0.4, -0.2) is 6.54 Å². The van der Waals surface area contributed by atoms with E-state index in [1.807, 2.05) is 24.3 Å². The first kappa shape index (κ1) is 14.4. The van der Waals surface area contributed by atoms with Crippen molar-refractivity contribution in [3.05, 3.63) is 64.2 Å². The Hall–Kier alpha value is -1.51. The van der Waals surface area contributed by atoms with Crippen LogP contribution in [-0.2, 0) is 13.0 Å². The molecule has 3 rings (SSSR count). The molecule has 0 radical (unpaired) electrons. The minimum absolute atomic E-state index is 0.510. The predicted octanol–water partition coefficient (Wildman–Crippen LogP) is 4.52. The van der Waals surface area contributed by atoms with Crippen molar-refractivity contribution in [2.45, 2.75) is 32.4 Å². The second-order valence-corrected chi connectivity index (χ2v) is 5.86. The molecule has 0 bridgehead atoms. The zero-order valence-corrected chi connectivity index (χ0v) is 13.0. The predicted molar refractivity (Wildman–Crippen MR) is 87.0 cm³/mol. The average Bonchev–Trinajstić information content (AvgIpc) is 2.90. The lowest BCUT2D eigenvalue weighted by Crippen LogP contribution is -2.18. The highest BCUT2D eigenvalue weighted by atomic mass is 35.5. The molecule has 1 unspecified atom stereocenters. The largest absolute Gasteiger partial charge is 0.489 e. The molecule has 21 heavy (non-hydrogen) atoms. The van der Waals surface area contributed by atoms with E-state index in [-0.39, 0.29) is 0 Å². The van der Waals surface area contributed by atoms with Crippen molar-refractivity contribution in [3.63, 3.8) is 0 Å². The molecule has 0 aliphatic heterocycles. The molecule has 2 aromatic rings. The maximum absolute atomic E-state index is 5.89. The molecule has 2 aromatic carbocycles. The van der Waals surface area contributed by atoms with Crippen molar-refractivity contribution in [2.24, 2.45) is 0 Å². The van der Waals surface area contributed by atoms with Crippen LogP contribution in [0.2, 0.25) is 5.02 Å². The van der Waals surface area contributed by atoms with Crippen molar-refractivity contribution < 1.29 is 4.74 Å². The fourth-order valence-electron chi connectivity index (χ4n) is 2.89. The summed E-state index contributed by atoms with van der Waals surface area (Å²) in [7, 11) is 0. The standard InChI is InChI=1S/C18H20ClNO/c1-2-20-18-10-5-14-11-16(8-9-17(14)18)21-12-13-3-6-15(19)7-4-13/h3-4,6-9,11,18,20H,2,5,10,12H2,1H3. The molecular formula is C18H20ClNO. The fourth-order valence-corrected chi connectivity index (χ4v) is 3.02. The summed E-state index contributed by atoms with van der Waals surface area (Å²) in [6.07, 6.45) is 2.31. The number of ether oxygens (including phenoxy) is 1. The van der Waals surface area contributed by atoms with Crippen LogP contribution in [0.4, 0.5) is 0 Å². The molecule has 0 aromatic heterocycles. The Morgan fingerprint density at radius 2 is 2.00 bits per heavy atom. The highest BCUT2D eigenvalue weighted by Crippen LogP contribution is 2.33. The molecule has 110 valence electrons. The number of aryl methyl sites for hydroxylation is 1. The van der Waals surface area contributed by atoms with Crippen LogP contribution < -0.4 is 10.1 Å². The zero-order valence-electron chi connectivity index (χ0n) is 12.2. The van der Waals surface area contributed by atoms with Crippen LogP contribution in [0.5, 0.6) is 5.75 Å². The van der Waals surface area contributed by atoms with Gasteiger partial charge >= 0.3 is 0 Å². The van der Waals surface area contributed by atoms with E-state index < -0.39 is 0 Å². The van der Waals surface area contributed by atoms with E-state index >= 15 is 0 Å². The molecule has 1 aliphatic rings. The highest BCUT2D eigenvalue weighted by molar-refractivity contribution is 6.30. The third-order valence-corrected chi connectivity index (χ3v) is 4.21. The van der Waals surface area contributed by atoms with Crippen LogP contribution in [0.3, 0.4) is 0 Å². The lowest BCUT2D eigenvalue weighted by Gasteiger charge is -2.13. The molecule has 1 aliphatic carbocycles. The van der Waals surface area contributed by atoms with Gasteiger partial charge in [0, 0.05) is 11.1 Å². The van der Waals surface area contributed by atoms with E-state index in [2.05, 4.69) is 30.4 Å². The molecule has 0 spiro atoms. The number of benzene rings is 2. The fraction of sp³-hybridized carbons (Fsp3) is 0.333. The van der Waals surface area contributed by atoms with Gasteiger partial charge in [-0.15, -0.1) is 0 Å². The second-order valence-electron chi connectivity index (χ2n) is 5.42. The van der Waals surface area contributed by atoms with Crippen molar-refractivity contribution in [2.75, 3.05) is 6.54 Å². The van der Waals surface area contributed by atoms with E-state index in [9.17, 15) is 0 Å². The Kier molecular flexibility index (Phi) is 4.47. The van der Waals surface area contributed by atoms with Gasteiger partial charge in [0.1, 0.15) is 12.4 Å². The van der Waals surface area contributed by atoms with Crippen LogP contribution >= 0.6 is 11.6 Å². The summed E-state index contributed by atoms with van der Waals surface area (Å²) in [5, 5.41) is 4.29. The quantitative estimate of drug-likeness (QED) is 0.877. The van der Waals surface area contributed by atoms with Crippen molar-refractivity contribution in [3.8, 4) is 5.75 Å². The summed E-state index contributed by atoms with van der Waals surface area (Å²) in [6, 6.07) is 14.7. The van der Waals surface area contributed by atoms with Gasteiger partial charge in [-0.3, -0.25) is 0 Å². The van der Waals surface area contributed by atoms with Gasteiger partial charge in [-0.25, -0.2) is 0 Å². The SMILES string of the molecule is CCNC1CCc2cc(OCc3ccc(Cl)cc3)ccc21. The molecule has 0 saturated heterocycles. The summed E-state index contributed by atoms with van der Waals surface area (Å²) in [5.74, 6) is 0.945. The molecule has 0 saturated carbocycles. The van der Waals surface area contributed by atoms with Crippen molar-refractivity contribution in [1.82, 2.24) is 5.32 Å². The van der Waals surface area contributed by atoms with E-state index in [0.717, 1.165) is 29.3 Å². The topological polar surface area (TPSA) is 21.3 Å². The first-order chi connectivity index (χ1) is 10.3. The van der Waals surface area contributed by atoms with E-state index in [1.54, 1.807) is 0 Å². The summed E-state index contributed by atoms with van der Waals surface area (Å²) in [4.78, 5) is 0. The van der Waals surface area contributed by atoms with E-state index in [1.165, 1.54) is 17.5 Å². The van der Waals surface area contributed by atoms with Crippen LogP contribution in [0.15, 0.2) is 42.5 Å². The summed E-state index contributed by atoms with van der Waals surface area (Å²) < 4.78 is 5.89. The minimum Gasteiger partial charge on any atom is -0.489 e.